The highest BCUT2D eigenvalue weighted by atomic mass is 16.4. The molecule has 1 aromatic rings. The topological polar surface area (TPSA) is 60.8 Å². The van der Waals surface area contributed by atoms with E-state index in [1.54, 1.807) is 12.1 Å². The standard InChI is InChI=1S/C13H17NO3/c1-2-9-6-10(8-11(15)7-9)14-5-3-4-12(14)13(16)17/h6-8,12,15H,2-5H2,1H3,(H,16,17). The minimum atomic E-state index is -0.788. The third kappa shape index (κ3) is 2.35. The molecule has 4 nitrogen and oxygen atoms in total. The maximum Gasteiger partial charge on any atom is 0.326 e. The van der Waals surface area contributed by atoms with Crippen LogP contribution in [0.4, 0.5) is 5.69 Å². The summed E-state index contributed by atoms with van der Waals surface area (Å²) in [5.74, 6) is -0.584. The lowest BCUT2D eigenvalue weighted by Gasteiger charge is -2.24. The maximum absolute atomic E-state index is 11.1. The van der Waals surface area contributed by atoms with E-state index in [2.05, 4.69) is 0 Å². The van der Waals surface area contributed by atoms with Gasteiger partial charge in [-0.25, -0.2) is 4.79 Å². The zero-order chi connectivity index (χ0) is 12.4. The summed E-state index contributed by atoms with van der Waals surface area (Å²) in [7, 11) is 0. The highest BCUT2D eigenvalue weighted by Gasteiger charge is 2.30. The maximum atomic E-state index is 11.1. The number of phenolic OH excluding ortho intramolecular Hbond substituents is 1. The lowest BCUT2D eigenvalue weighted by Crippen LogP contribution is -2.35. The number of phenols is 1. The number of hydrogen-bond donors (Lipinski definition) is 2. The summed E-state index contributed by atoms with van der Waals surface area (Å²) in [6, 6.07) is 4.86. The van der Waals surface area contributed by atoms with Gasteiger partial charge in [-0.1, -0.05) is 6.92 Å². The van der Waals surface area contributed by atoms with Gasteiger partial charge in [0, 0.05) is 18.3 Å². The van der Waals surface area contributed by atoms with E-state index in [0.717, 1.165) is 30.6 Å². The zero-order valence-electron chi connectivity index (χ0n) is 9.89. The smallest absolute Gasteiger partial charge is 0.326 e. The molecule has 1 atom stereocenters. The largest absolute Gasteiger partial charge is 0.508 e. The van der Waals surface area contributed by atoms with Crippen LogP contribution in [0, 0.1) is 0 Å². The van der Waals surface area contributed by atoms with Gasteiger partial charge < -0.3 is 15.1 Å². The van der Waals surface area contributed by atoms with Crippen molar-refractivity contribution < 1.29 is 15.0 Å². The summed E-state index contributed by atoms with van der Waals surface area (Å²) < 4.78 is 0. The average molecular weight is 235 g/mol. The van der Waals surface area contributed by atoms with Gasteiger partial charge in [0.25, 0.3) is 0 Å². The van der Waals surface area contributed by atoms with Gasteiger partial charge in [-0.3, -0.25) is 0 Å². The summed E-state index contributed by atoms with van der Waals surface area (Å²) in [6.07, 6.45) is 2.38. The first-order chi connectivity index (χ1) is 8.11. The monoisotopic (exact) mass is 235 g/mol. The van der Waals surface area contributed by atoms with Gasteiger partial charge in [0.1, 0.15) is 11.8 Å². The lowest BCUT2D eigenvalue weighted by atomic mass is 10.1. The van der Waals surface area contributed by atoms with Crippen molar-refractivity contribution >= 4 is 11.7 Å². The number of aliphatic carboxylic acids is 1. The van der Waals surface area contributed by atoms with Crippen LogP contribution in [0.25, 0.3) is 0 Å². The molecule has 17 heavy (non-hydrogen) atoms. The number of rotatable bonds is 3. The van der Waals surface area contributed by atoms with Crippen molar-refractivity contribution in [2.24, 2.45) is 0 Å². The third-order valence-corrected chi connectivity index (χ3v) is 3.24. The second-order valence-electron chi connectivity index (χ2n) is 4.40. The SMILES string of the molecule is CCc1cc(O)cc(N2CCCC2C(=O)O)c1. The van der Waals surface area contributed by atoms with Gasteiger partial charge in [-0.15, -0.1) is 0 Å². The van der Waals surface area contributed by atoms with E-state index < -0.39 is 12.0 Å². The molecule has 0 spiro atoms. The molecule has 1 aliphatic rings. The van der Waals surface area contributed by atoms with Crippen molar-refractivity contribution in [2.75, 3.05) is 11.4 Å². The highest BCUT2D eigenvalue weighted by molar-refractivity contribution is 5.79. The van der Waals surface area contributed by atoms with Crippen molar-refractivity contribution in [1.29, 1.82) is 0 Å². The van der Waals surface area contributed by atoms with Crippen LogP contribution >= 0.6 is 0 Å². The number of anilines is 1. The zero-order valence-corrected chi connectivity index (χ0v) is 9.89. The summed E-state index contributed by atoms with van der Waals surface area (Å²) in [4.78, 5) is 13.0. The molecular formula is C13H17NO3. The van der Waals surface area contributed by atoms with Gasteiger partial charge in [0.15, 0.2) is 0 Å². The molecule has 1 aromatic carbocycles. The Labute approximate surface area is 100 Å². The molecule has 4 heteroatoms. The van der Waals surface area contributed by atoms with Crippen molar-refractivity contribution in [1.82, 2.24) is 0 Å². The lowest BCUT2D eigenvalue weighted by molar-refractivity contribution is -0.138. The minimum absolute atomic E-state index is 0.204. The number of nitrogens with zero attached hydrogens (tertiary/aromatic N) is 1. The number of aromatic hydroxyl groups is 1. The summed E-state index contributed by atoms with van der Waals surface area (Å²) in [5.41, 5.74) is 1.84. The predicted molar refractivity (Wildman–Crippen MR) is 65.5 cm³/mol. The van der Waals surface area contributed by atoms with E-state index in [1.807, 2.05) is 17.9 Å². The molecule has 2 rings (SSSR count). The van der Waals surface area contributed by atoms with E-state index in [0.29, 0.717) is 6.42 Å². The molecule has 2 N–H and O–H groups in total. The molecule has 0 bridgehead atoms. The Morgan fingerprint density at radius 3 is 2.88 bits per heavy atom. The first-order valence-electron chi connectivity index (χ1n) is 5.94. The van der Waals surface area contributed by atoms with Gasteiger partial charge in [-0.2, -0.15) is 0 Å². The number of aryl methyl sites for hydroxylation is 1. The van der Waals surface area contributed by atoms with E-state index >= 15 is 0 Å². The summed E-state index contributed by atoms with van der Waals surface area (Å²) >= 11 is 0. The number of hydrogen-bond acceptors (Lipinski definition) is 3. The van der Waals surface area contributed by atoms with Crippen LogP contribution in [0.2, 0.25) is 0 Å². The number of carboxylic acids is 1. The van der Waals surface area contributed by atoms with Gasteiger partial charge in [0.05, 0.1) is 0 Å². The van der Waals surface area contributed by atoms with Crippen LogP contribution in [0.1, 0.15) is 25.3 Å². The molecule has 1 heterocycles. The first-order valence-corrected chi connectivity index (χ1v) is 5.94. The molecule has 92 valence electrons. The molecule has 1 unspecified atom stereocenters. The van der Waals surface area contributed by atoms with E-state index in [4.69, 9.17) is 5.11 Å². The predicted octanol–water partition coefficient (Wildman–Crippen LogP) is 2.01. The van der Waals surface area contributed by atoms with E-state index in [-0.39, 0.29) is 5.75 Å². The van der Waals surface area contributed by atoms with E-state index in [1.165, 1.54) is 0 Å². The molecule has 0 saturated carbocycles. The van der Waals surface area contributed by atoms with E-state index in [9.17, 15) is 9.90 Å². The van der Waals surface area contributed by atoms with Crippen molar-refractivity contribution in [2.45, 2.75) is 32.2 Å². The average Bonchev–Trinajstić information content (AvgIpc) is 2.77. The Balaban J connectivity index is 2.32. The van der Waals surface area contributed by atoms with Crippen molar-refractivity contribution in [3.8, 4) is 5.75 Å². The number of benzene rings is 1. The number of carbonyl (C=O) groups is 1. The molecule has 0 amide bonds. The van der Waals surface area contributed by atoms with Crippen LogP contribution in [0.15, 0.2) is 18.2 Å². The van der Waals surface area contributed by atoms with Gasteiger partial charge in [0.2, 0.25) is 0 Å². The Bertz CT molecular complexity index is 431. The molecule has 0 aliphatic carbocycles. The minimum Gasteiger partial charge on any atom is -0.508 e. The van der Waals surface area contributed by atoms with Gasteiger partial charge in [-0.05, 0) is 37.0 Å². The fourth-order valence-electron chi connectivity index (χ4n) is 2.36. The van der Waals surface area contributed by atoms with Crippen LogP contribution < -0.4 is 4.90 Å². The highest BCUT2D eigenvalue weighted by Crippen LogP contribution is 2.29. The van der Waals surface area contributed by atoms with Gasteiger partial charge >= 0.3 is 5.97 Å². The van der Waals surface area contributed by atoms with Crippen LogP contribution in [-0.4, -0.2) is 28.8 Å². The second-order valence-corrected chi connectivity index (χ2v) is 4.40. The summed E-state index contributed by atoms with van der Waals surface area (Å²) in [5, 5.41) is 18.8. The molecule has 1 fully saturated rings. The Morgan fingerprint density at radius 1 is 1.47 bits per heavy atom. The second kappa shape index (κ2) is 4.65. The molecule has 1 saturated heterocycles. The fourth-order valence-corrected chi connectivity index (χ4v) is 2.36. The van der Waals surface area contributed by atoms with Crippen molar-refractivity contribution in [3.63, 3.8) is 0 Å². The fraction of sp³-hybridized carbons (Fsp3) is 0.462. The molecular weight excluding hydrogens is 218 g/mol. The van der Waals surface area contributed by atoms with Crippen molar-refractivity contribution in [3.05, 3.63) is 23.8 Å². The van der Waals surface area contributed by atoms with Crippen LogP contribution in [0.3, 0.4) is 0 Å². The summed E-state index contributed by atoms with van der Waals surface area (Å²) in [6.45, 7) is 2.75. The Hall–Kier alpha value is -1.71. The first kappa shape index (κ1) is 11.8. The Kier molecular flexibility index (Phi) is 3.22. The normalized spacial score (nSPS) is 19.6. The van der Waals surface area contributed by atoms with Crippen LogP contribution in [-0.2, 0) is 11.2 Å². The Morgan fingerprint density at radius 2 is 2.24 bits per heavy atom. The third-order valence-electron chi connectivity index (χ3n) is 3.24. The molecule has 0 radical (unpaired) electrons. The van der Waals surface area contributed by atoms with Crippen LogP contribution in [0.5, 0.6) is 5.75 Å². The quantitative estimate of drug-likeness (QED) is 0.841. The number of carboxylic acid groups (broad SMARTS) is 1. The molecule has 1 aliphatic heterocycles. The molecule has 0 aromatic heterocycles.